The van der Waals surface area contributed by atoms with Crippen molar-refractivity contribution in [3.8, 4) is 39.6 Å². The van der Waals surface area contributed by atoms with Crippen LogP contribution >= 0.6 is 11.8 Å². The summed E-state index contributed by atoms with van der Waals surface area (Å²) in [7, 11) is 1.61. The molecule has 0 saturated heterocycles. The SMILES string of the molecule is COc1cnc2ccc(Cn3nc(-c4ccc(-c5cc6c(cc5Cn5cc(C7CC(C)=CS7)ccc5=O)OCCO6)cc4)ccc3=O)cc2c1. The third-order valence-corrected chi connectivity index (χ3v) is 10.4. The van der Waals surface area contributed by atoms with E-state index in [2.05, 4.69) is 17.3 Å². The number of hydrogen-bond acceptors (Lipinski definition) is 8. The zero-order valence-electron chi connectivity index (χ0n) is 27.7. The number of methoxy groups -OCH3 is 1. The number of aromatic nitrogens is 4. The van der Waals surface area contributed by atoms with Gasteiger partial charge in [-0.15, -0.1) is 11.8 Å². The van der Waals surface area contributed by atoms with Crippen molar-refractivity contribution >= 4 is 22.7 Å². The van der Waals surface area contributed by atoms with Crippen LogP contribution in [-0.2, 0) is 13.1 Å². The zero-order chi connectivity index (χ0) is 34.2. The number of fused-ring (bicyclic) bond motifs is 2. The van der Waals surface area contributed by atoms with Crippen LogP contribution in [0, 0.1) is 0 Å². The van der Waals surface area contributed by atoms with Crippen molar-refractivity contribution in [2.45, 2.75) is 31.7 Å². The Labute approximate surface area is 292 Å². The molecule has 1 unspecified atom stereocenters. The highest BCUT2D eigenvalue weighted by atomic mass is 32.2. The van der Waals surface area contributed by atoms with Crippen LogP contribution in [0.5, 0.6) is 17.2 Å². The predicted octanol–water partition coefficient (Wildman–Crippen LogP) is 7.25. The van der Waals surface area contributed by atoms with E-state index in [-0.39, 0.29) is 11.1 Å². The Morgan fingerprint density at radius 2 is 1.64 bits per heavy atom. The molecule has 0 bridgehead atoms. The Balaban J connectivity index is 1.09. The molecule has 50 heavy (non-hydrogen) atoms. The number of benzene rings is 3. The molecule has 0 N–H and O–H groups in total. The number of allylic oxidation sites excluding steroid dienone is 1. The summed E-state index contributed by atoms with van der Waals surface area (Å²) in [5.41, 5.74) is 8.44. The van der Waals surface area contributed by atoms with Gasteiger partial charge in [-0.3, -0.25) is 14.6 Å². The normalized spacial score (nSPS) is 15.2. The van der Waals surface area contributed by atoms with Crippen molar-refractivity contribution < 1.29 is 14.2 Å². The average molecular weight is 683 g/mol. The maximum atomic E-state index is 13.1. The van der Waals surface area contributed by atoms with Gasteiger partial charge in [0.05, 0.1) is 37.6 Å². The van der Waals surface area contributed by atoms with Crippen LogP contribution < -0.4 is 25.3 Å². The van der Waals surface area contributed by atoms with E-state index in [1.165, 1.54) is 10.3 Å². The Bertz CT molecular complexity index is 2400. The summed E-state index contributed by atoms with van der Waals surface area (Å²) in [5.74, 6) is 2.03. The van der Waals surface area contributed by atoms with E-state index < -0.39 is 0 Å². The molecule has 0 aliphatic carbocycles. The third kappa shape index (κ3) is 6.42. The molecule has 0 radical (unpaired) electrons. The minimum absolute atomic E-state index is 0.0566. The van der Waals surface area contributed by atoms with Crippen LogP contribution in [0.2, 0.25) is 0 Å². The van der Waals surface area contributed by atoms with E-state index >= 15 is 0 Å². The van der Waals surface area contributed by atoms with Crippen molar-refractivity contribution in [1.29, 1.82) is 0 Å². The standard InChI is InChI=1S/C40H34N4O5S/c1-25-15-38(50-24-25)29-8-11-39(45)43(22-29)23-31-18-36-37(49-14-13-48-36)19-33(31)27-4-6-28(7-5-27)35-10-12-40(46)44(42-35)21-26-3-9-34-30(16-26)17-32(47-2)20-41-34/h3-12,16-20,22,24,38H,13-15,21,23H2,1-2H3. The third-order valence-electron chi connectivity index (χ3n) is 9.07. The highest BCUT2D eigenvalue weighted by molar-refractivity contribution is 8.02. The van der Waals surface area contributed by atoms with Gasteiger partial charge in [0.2, 0.25) is 0 Å². The van der Waals surface area contributed by atoms with Crippen LogP contribution in [0.25, 0.3) is 33.3 Å². The summed E-state index contributed by atoms with van der Waals surface area (Å²) in [6.45, 7) is 3.79. The molecule has 250 valence electrons. The quantitative estimate of drug-likeness (QED) is 0.166. The number of nitrogens with zero attached hydrogens (tertiary/aromatic N) is 4. The van der Waals surface area contributed by atoms with Gasteiger partial charge < -0.3 is 18.8 Å². The van der Waals surface area contributed by atoms with E-state index in [0.717, 1.165) is 50.7 Å². The van der Waals surface area contributed by atoms with Crippen molar-refractivity contribution in [2.24, 2.45) is 0 Å². The summed E-state index contributed by atoms with van der Waals surface area (Å²) in [5, 5.41) is 8.17. The highest BCUT2D eigenvalue weighted by Crippen LogP contribution is 2.42. The van der Waals surface area contributed by atoms with E-state index in [1.807, 2.05) is 72.9 Å². The molecule has 2 aliphatic rings. The van der Waals surface area contributed by atoms with Crippen molar-refractivity contribution in [2.75, 3.05) is 20.3 Å². The summed E-state index contributed by atoms with van der Waals surface area (Å²) in [6, 6.07) is 26.8. The van der Waals surface area contributed by atoms with Gasteiger partial charge in [-0.2, -0.15) is 5.10 Å². The predicted molar refractivity (Wildman–Crippen MR) is 196 cm³/mol. The minimum Gasteiger partial charge on any atom is -0.495 e. The van der Waals surface area contributed by atoms with E-state index in [0.29, 0.717) is 54.5 Å². The molecule has 1 atom stereocenters. The Hall–Kier alpha value is -5.61. The number of pyridine rings is 2. The van der Waals surface area contributed by atoms with Gasteiger partial charge in [-0.25, -0.2) is 4.68 Å². The summed E-state index contributed by atoms with van der Waals surface area (Å²) in [6.07, 6.45) is 4.66. The second kappa shape index (κ2) is 13.4. The fourth-order valence-corrected chi connectivity index (χ4v) is 7.59. The summed E-state index contributed by atoms with van der Waals surface area (Å²) < 4.78 is 20.5. The lowest BCUT2D eigenvalue weighted by Crippen LogP contribution is -2.22. The Morgan fingerprint density at radius 1 is 0.860 bits per heavy atom. The topological polar surface area (TPSA) is 97.5 Å². The second-order valence-electron chi connectivity index (χ2n) is 12.6. The molecule has 5 heterocycles. The van der Waals surface area contributed by atoms with Gasteiger partial charge in [0.15, 0.2) is 11.5 Å². The first-order chi connectivity index (χ1) is 24.4. The number of ether oxygens (including phenoxy) is 3. The van der Waals surface area contributed by atoms with E-state index in [9.17, 15) is 9.59 Å². The van der Waals surface area contributed by atoms with E-state index in [1.54, 1.807) is 47.8 Å². The van der Waals surface area contributed by atoms with Crippen LogP contribution in [0.4, 0.5) is 0 Å². The Morgan fingerprint density at radius 3 is 2.42 bits per heavy atom. The summed E-state index contributed by atoms with van der Waals surface area (Å²) >= 11 is 1.80. The van der Waals surface area contributed by atoms with Crippen molar-refractivity contribution in [1.82, 2.24) is 19.3 Å². The van der Waals surface area contributed by atoms with Crippen LogP contribution in [0.1, 0.15) is 35.3 Å². The fraction of sp³-hybridized carbons (Fsp3) is 0.200. The first-order valence-electron chi connectivity index (χ1n) is 16.5. The largest absolute Gasteiger partial charge is 0.495 e. The molecular weight excluding hydrogens is 649 g/mol. The summed E-state index contributed by atoms with van der Waals surface area (Å²) in [4.78, 5) is 30.4. The molecular formula is C40H34N4O5S. The van der Waals surface area contributed by atoms with Gasteiger partial charge >= 0.3 is 0 Å². The molecule has 0 spiro atoms. The first kappa shape index (κ1) is 31.6. The lowest BCUT2D eigenvalue weighted by atomic mass is 9.96. The number of thioether (sulfide) groups is 1. The monoisotopic (exact) mass is 682 g/mol. The van der Waals surface area contributed by atoms with Crippen molar-refractivity contribution in [3.05, 3.63) is 146 Å². The molecule has 10 heteroatoms. The highest BCUT2D eigenvalue weighted by Gasteiger charge is 2.21. The molecule has 2 aliphatic heterocycles. The maximum Gasteiger partial charge on any atom is 0.267 e. The minimum atomic E-state index is -0.188. The zero-order valence-corrected chi connectivity index (χ0v) is 28.5. The molecule has 8 rings (SSSR count). The lowest BCUT2D eigenvalue weighted by Gasteiger charge is -2.22. The smallest absolute Gasteiger partial charge is 0.267 e. The molecule has 6 aromatic rings. The van der Waals surface area contributed by atoms with Gasteiger partial charge in [0, 0.05) is 34.5 Å². The number of hydrogen-bond donors (Lipinski definition) is 0. The van der Waals surface area contributed by atoms with Gasteiger partial charge in [0.25, 0.3) is 11.1 Å². The molecule has 0 saturated carbocycles. The van der Waals surface area contributed by atoms with Crippen LogP contribution in [-0.4, -0.2) is 39.7 Å². The maximum absolute atomic E-state index is 13.1. The molecule has 9 nitrogen and oxygen atoms in total. The Kier molecular flexibility index (Phi) is 8.46. The van der Waals surface area contributed by atoms with Gasteiger partial charge in [-0.05, 0) is 83.0 Å². The second-order valence-corrected chi connectivity index (χ2v) is 13.6. The fourth-order valence-electron chi connectivity index (χ4n) is 6.44. The average Bonchev–Trinajstić information content (AvgIpc) is 3.59. The number of rotatable bonds is 8. The first-order valence-corrected chi connectivity index (χ1v) is 17.4. The van der Waals surface area contributed by atoms with Gasteiger partial charge in [0.1, 0.15) is 19.0 Å². The van der Waals surface area contributed by atoms with Gasteiger partial charge in [-0.1, -0.05) is 42.0 Å². The van der Waals surface area contributed by atoms with Crippen molar-refractivity contribution in [3.63, 3.8) is 0 Å². The molecule has 0 fully saturated rings. The van der Waals surface area contributed by atoms with Crippen LogP contribution in [0.3, 0.4) is 0 Å². The molecule has 0 amide bonds. The lowest BCUT2D eigenvalue weighted by molar-refractivity contribution is 0.171. The molecule has 3 aromatic carbocycles. The molecule has 3 aromatic heterocycles. The van der Waals surface area contributed by atoms with Crippen LogP contribution in [0.15, 0.2) is 118 Å². The van der Waals surface area contributed by atoms with E-state index in [4.69, 9.17) is 19.3 Å².